The van der Waals surface area contributed by atoms with Crippen molar-refractivity contribution in [3.8, 4) is 5.75 Å². The quantitative estimate of drug-likeness (QED) is 0.640. The van der Waals surface area contributed by atoms with Crippen LogP contribution in [0.5, 0.6) is 5.75 Å². The van der Waals surface area contributed by atoms with Gasteiger partial charge in [0.2, 0.25) is 5.75 Å². The van der Waals surface area contributed by atoms with Gasteiger partial charge < -0.3 is 15.0 Å². The fourth-order valence-corrected chi connectivity index (χ4v) is 3.80. The lowest BCUT2D eigenvalue weighted by atomic mass is 9.82. The minimum atomic E-state index is -3.75. The second kappa shape index (κ2) is 7.38. The van der Waals surface area contributed by atoms with Crippen molar-refractivity contribution in [2.24, 2.45) is 10.6 Å². The second-order valence-electron chi connectivity index (χ2n) is 7.64. The summed E-state index contributed by atoms with van der Waals surface area (Å²) in [7, 11) is -3.75. The summed E-state index contributed by atoms with van der Waals surface area (Å²) < 4.78 is 30.7. The van der Waals surface area contributed by atoms with Gasteiger partial charge in [-0.05, 0) is 32.1 Å². The normalized spacial score (nSPS) is 24.3. The Hall–Kier alpha value is -1.69. The van der Waals surface area contributed by atoms with E-state index in [0.29, 0.717) is 23.9 Å². The largest absolute Gasteiger partial charge is 0.470 e. The molecule has 12 heteroatoms. The van der Waals surface area contributed by atoms with Gasteiger partial charge in [0.15, 0.2) is 17.2 Å². The fourth-order valence-electron chi connectivity index (χ4n) is 3.25. The Morgan fingerprint density at radius 1 is 1.37 bits per heavy atom. The third-order valence-corrected chi connectivity index (χ3v) is 5.25. The van der Waals surface area contributed by atoms with E-state index in [1.807, 2.05) is 11.8 Å². The van der Waals surface area contributed by atoms with Gasteiger partial charge in [-0.2, -0.15) is 8.42 Å². The number of aromatic nitrogens is 2. The maximum absolute atomic E-state index is 12.1. The molecule has 0 spiro atoms. The lowest BCUT2D eigenvalue weighted by Crippen LogP contribution is -2.50. The van der Waals surface area contributed by atoms with E-state index in [2.05, 4.69) is 20.0 Å². The Balaban J connectivity index is 0.00000261. The predicted octanol–water partition coefficient (Wildman–Crippen LogP) is 0.408. The molecule has 2 aliphatic heterocycles. The van der Waals surface area contributed by atoms with E-state index in [0.717, 1.165) is 19.4 Å². The molecule has 0 radical (unpaired) electrons. The number of ether oxygens (including phenoxy) is 1. The molecule has 10 nitrogen and oxygen atoms in total. The van der Waals surface area contributed by atoms with Crippen LogP contribution >= 0.6 is 12.4 Å². The van der Waals surface area contributed by atoms with Gasteiger partial charge in [0.25, 0.3) is 16.1 Å². The van der Waals surface area contributed by atoms with Gasteiger partial charge in [0.05, 0.1) is 0 Å². The van der Waals surface area contributed by atoms with E-state index < -0.39 is 15.8 Å². The molecule has 3 heterocycles. The van der Waals surface area contributed by atoms with Crippen molar-refractivity contribution in [1.29, 1.82) is 0 Å². The molecule has 1 amide bonds. The van der Waals surface area contributed by atoms with Gasteiger partial charge in [0.1, 0.15) is 6.33 Å². The fraction of sp³-hybridized carbons (Fsp3) is 0.667. The maximum atomic E-state index is 12.1. The van der Waals surface area contributed by atoms with Crippen LogP contribution in [-0.2, 0) is 15.0 Å². The van der Waals surface area contributed by atoms with E-state index in [4.69, 9.17) is 9.88 Å². The number of piperidine rings is 1. The number of rotatable bonds is 4. The molecule has 1 atom stereocenters. The first-order valence-corrected chi connectivity index (χ1v) is 9.92. The summed E-state index contributed by atoms with van der Waals surface area (Å²) in [5, 5.41) is 7.80. The van der Waals surface area contributed by atoms with Gasteiger partial charge >= 0.3 is 0 Å². The van der Waals surface area contributed by atoms with Gasteiger partial charge in [-0.25, -0.2) is 19.8 Å². The van der Waals surface area contributed by atoms with Crippen molar-refractivity contribution in [3.05, 3.63) is 6.33 Å². The number of fused-ring (bicyclic) bond motifs is 1. The molecule has 1 unspecified atom stereocenters. The molecule has 1 aromatic heterocycles. The highest BCUT2D eigenvalue weighted by Crippen LogP contribution is 2.41. The molecule has 152 valence electrons. The average molecular weight is 421 g/mol. The van der Waals surface area contributed by atoms with Crippen molar-refractivity contribution in [2.75, 3.05) is 29.9 Å². The Labute approximate surface area is 164 Å². The van der Waals surface area contributed by atoms with Crippen molar-refractivity contribution in [2.45, 2.75) is 39.2 Å². The third kappa shape index (κ3) is 4.78. The predicted molar refractivity (Wildman–Crippen MR) is 103 cm³/mol. The molecular weight excluding hydrogens is 396 g/mol. The molecule has 2 aliphatic rings. The molecule has 27 heavy (non-hydrogen) atoms. The second-order valence-corrected chi connectivity index (χ2v) is 9.02. The number of nitrogens with two attached hydrogens (primary N) is 1. The number of nitrogens with zero attached hydrogens (tertiary/aromatic N) is 3. The minimum Gasteiger partial charge on any atom is -0.470 e. The number of carbonyl (C=O) groups is 1. The number of anilines is 2. The first kappa shape index (κ1) is 21.6. The van der Waals surface area contributed by atoms with E-state index in [1.54, 1.807) is 13.8 Å². The van der Waals surface area contributed by atoms with E-state index in [1.165, 1.54) is 6.33 Å². The molecule has 1 aromatic rings. The number of hydrogen-bond donors (Lipinski definition) is 3. The monoisotopic (exact) mass is 420 g/mol. The molecule has 1 saturated heterocycles. The van der Waals surface area contributed by atoms with Crippen molar-refractivity contribution in [1.82, 2.24) is 14.7 Å². The van der Waals surface area contributed by atoms with Crippen LogP contribution in [0.15, 0.2) is 6.33 Å². The zero-order chi connectivity index (χ0) is 19.2. The van der Waals surface area contributed by atoms with Crippen molar-refractivity contribution >= 4 is 40.2 Å². The maximum Gasteiger partial charge on any atom is 0.274 e. The highest BCUT2D eigenvalue weighted by molar-refractivity contribution is 7.87. The Morgan fingerprint density at radius 2 is 2.07 bits per heavy atom. The van der Waals surface area contributed by atoms with Gasteiger partial charge in [0, 0.05) is 19.6 Å². The lowest BCUT2D eigenvalue weighted by molar-refractivity contribution is -0.129. The minimum absolute atomic E-state index is 0. The summed E-state index contributed by atoms with van der Waals surface area (Å²) in [6.07, 6.45) is 3.09. The summed E-state index contributed by atoms with van der Waals surface area (Å²) in [5.74, 6) is 1.09. The van der Waals surface area contributed by atoms with E-state index in [9.17, 15) is 13.2 Å². The molecule has 0 aliphatic carbocycles. The number of halogens is 1. The van der Waals surface area contributed by atoms with Crippen LogP contribution < -0.4 is 24.8 Å². The molecular formula is C15H25ClN6O4S. The van der Waals surface area contributed by atoms with Crippen LogP contribution in [0.2, 0.25) is 0 Å². The van der Waals surface area contributed by atoms with E-state index in [-0.39, 0.29) is 30.3 Å². The summed E-state index contributed by atoms with van der Waals surface area (Å²) >= 11 is 0. The molecule has 0 saturated carbocycles. The summed E-state index contributed by atoms with van der Waals surface area (Å²) in [6.45, 7) is 6.90. The molecule has 0 bridgehead atoms. The Morgan fingerprint density at radius 3 is 2.74 bits per heavy atom. The molecule has 4 N–H and O–H groups in total. The molecule has 1 fully saturated rings. The molecule has 0 aromatic carbocycles. The van der Waals surface area contributed by atoms with Gasteiger partial charge in [-0.3, -0.25) is 4.79 Å². The third-order valence-electron chi connectivity index (χ3n) is 4.70. The van der Waals surface area contributed by atoms with Crippen LogP contribution in [-0.4, -0.2) is 49.5 Å². The SMILES string of the molecule is CC1(CNS(N)(=O)=O)CCCN(c2ncnc3c2OC(C)(C)C(=O)N3)C1.Cl. The standard InChI is InChI=1S/C15H24N6O4S.ClH/c1-14(2)13(22)20-11-10(25-14)12(18-9-17-11)21-6-4-5-15(3,8-21)7-19-26(16,23)24;/h9,19H,4-8H2,1-3H3,(H2,16,23,24)(H,17,18,20,22);1H. The first-order valence-electron chi connectivity index (χ1n) is 8.37. The topological polar surface area (TPSA) is 140 Å². The van der Waals surface area contributed by atoms with Crippen LogP contribution in [0.3, 0.4) is 0 Å². The average Bonchev–Trinajstić information content (AvgIpc) is 2.53. The zero-order valence-electron chi connectivity index (χ0n) is 15.5. The lowest BCUT2D eigenvalue weighted by Gasteiger charge is -2.42. The Bertz CT molecular complexity index is 834. The van der Waals surface area contributed by atoms with Crippen molar-refractivity contribution in [3.63, 3.8) is 0 Å². The number of nitrogens with one attached hydrogen (secondary N) is 2. The highest BCUT2D eigenvalue weighted by atomic mass is 35.5. The molecule has 3 rings (SSSR count). The van der Waals surface area contributed by atoms with Gasteiger partial charge in [-0.15, -0.1) is 12.4 Å². The van der Waals surface area contributed by atoms with Gasteiger partial charge in [-0.1, -0.05) is 6.92 Å². The Kier molecular flexibility index (Phi) is 5.91. The van der Waals surface area contributed by atoms with Crippen molar-refractivity contribution < 1.29 is 17.9 Å². The van der Waals surface area contributed by atoms with Crippen LogP contribution in [0.25, 0.3) is 0 Å². The number of hydrogen-bond acceptors (Lipinski definition) is 7. The smallest absolute Gasteiger partial charge is 0.274 e. The summed E-state index contributed by atoms with van der Waals surface area (Å²) in [4.78, 5) is 22.5. The summed E-state index contributed by atoms with van der Waals surface area (Å²) in [6, 6.07) is 0. The summed E-state index contributed by atoms with van der Waals surface area (Å²) in [5.41, 5.74) is -1.34. The zero-order valence-corrected chi connectivity index (χ0v) is 17.1. The van der Waals surface area contributed by atoms with Crippen LogP contribution in [0.4, 0.5) is 11.6 Å². The van der Waals surface area contributed by atoms with E-state index >= 15 is 0 Å². The number of carbonyl (C=O) groups excluding carboxylic acids is 1. The van der Waals surface area contributed by atoms with Crippen LogP contribution in [0.1, 0.15) is 33.6 Å². The van der Waals surface area contributed by atoms with Crippen LogP contribution in [0, 0.1) is 5.41 Å². The first-order chi connectivity index (χ1) is 12.0. The number of amides is 1. The highest BCUT2D eigenvalue weighted by Gasteiger charge is 2.40.